The third-order valence-corrected chi connectivity index (χ3v) is 7.32. The van der Waals surface area contributed by atoms with E-state index in [1.54, 1.807) is 74.3 Å². The van der Waals surface area contributed by atoms with E-state index in [2.05, 4.69) is 15.3 Å². The predicted molar refractivity (Wildman–Crippen MR) is 153 cm³/mol. The first-order valence-corrected chi connectivity index (χ1v) is 13.5. The average Bonchev–Trinajstić information content (AvgIpc) is 3.28. The second-order valence-electron chi connectivity index (χ2n) is 10.8. The molecule has 0 fully saturated rings. The van der Waals surface area contributed by atoms with Gasteiger partial charge in [0.15, 0.2) is 5.75 Å². The molecule has 11 heteroatoms. The van der Waals surface area contributed by atoms with Crippen LogP contribution in [-0.2, 0) is 13.6 Å². The normalized spacial score (nSPS) is 17.8. The molecule has 1 aromatic heterocycles. The highest BCUT2D eigenvalue weighted by Crippen LogP contribution is 2.35. The number of carbonyl (C=O) groups excluding carboxylic acids is 2. The molecule has 11 nitrogen and oxygen atoms in total. The van der Waals surface area contributed by atoms with Gasteiger partial charge >= 0.3 is 5.97 Å². The van der Waals surface area contributed by atoms with Crippen molar-refractivity contribution in [3.05, 3.63) is 76.6 Å². The number of para-hydroxylation sites is 1. The largest absolute Gasteiger partial charge is 0.486 e. The molecule has 2 amide bonds. The summed E-state index contributed by atoms with van der Waals surface area (Å²) in [6, 6.07) is 13.1. The first kappa shape index (κ1) is 29.8. The van der Waals surface area contributed by atoms with E-state index in [1.807, 2.05) is 14.0 Å². The van der Waals surface area contributed by atoms with Gasteiger partial charge in [0.25, 0.3) is 11.8 Å². The monoisotopic (exact) mass is 563 g/mol. The fraction of sp³-hybridized carbons (Fsp3) is 0.400. The number of likely N-dealkylation sites (N-methyl/N-ethyl adjacent to an activating group) is 1. The van der Waals surface area contributed by atoms with Gasteiger partial charge in [-0.1, -0.05) is 25.1 Å². The van der Waals surface area contributed by atoms with Gasteiger partial charge in [-0.05, 0) is 56.8 Å². The molecule has 3 atom stereocenters. The molecule has 4 rings (SSSR count). The summed E-state index contributed by atoms with van der Waals surface area (Å²) >= 11 is 0. The third-order valence-electron chi connectivity index (χ3n) is 7.32. The summed E-state index contributed by atoms with van der Waals surface area (Å²) in [5.41, 5.74) is 2.91. The summed E-state index contributed by atoms with van der Waals surface area (Å²) in [5, 5.41) is 26.3. The van der Waals surface area contributed by atoms with Crippen molar-refractivity contribution in [3.8, 4) is 5.75 Å². The predicted octanol–water partition coefficient (Wildman–Crippen LogP) is 3.03. The van der Waals surface area contributed by atoms with E-state index in [-0.39, 0.29) is 41.8 Å². The van der Waals surface area contributed by atoms with E-state index in [1.165, 1.54) is 4.68 Å². The number of carboxylic acids is 1. The van der Waals surface area contributed by atoms with Gasteiger partial charge in [0.05, 0.1) is 35.2 Å². The quantitative estimate of drug-likeness (QED) is 0.361. The van der Waals surface area contributed by atoms with Crippen LogP contribution >= 0.6 is 0 Å². The van der Waals surface area contributed by atoms with E-state index >= 15 is 0 Å². The average molecular weight is 564 g/mol. The Kier molecular flexibility index (Phi) is 9.09. The number of amides is 2. The van der Waals surface area contributed by atoms with Crippen molar-refractivity contribution in [2.45, 2.75) is 39.5 Å². The number of anilines is 1. The minimum absolute atomic E-state index is 0.124. The van der Waals surface area contributed by atoms with Gasteiger partial charge in [0.1, 0.15) is 11.8 Å². The van der Waals surface area contributed by atoms with Crippen LogP contribution in [0.3, 0.4) is 0 Å². The highest BCUT2D eigenvalue weighted by molar-refractivity contribution is 6.06. The number of nitrogens with one attached hydrogen (secondary N) is 1. The van der Waals surface area contributed by atoms with Gasteiger partial charge in [-0.2, -0.15) is 5.10 Å². The fourth-order valence-electron chi connectivity index (χ4n) is 5.01. The smallest absolute Gasteiger partial charge is 0.335 e. The zero-order chi connectivity index (χ0) is 29.8. The Balaban J connectivity index is 1.65. The van der Waals surface area contributed by atoms with Crippen molar-refractivity contribution in [1.29, 1.82) is 0 Å². The van der Waals surface area contributed by atoms with Gasteiger partial charge in [-0.25, -0.2) is 4.79 Å². The topological polar surface area (TPSA) is 137 Å². The molecule has 2 aromatic carbocycles. The van der Waals surface area contributed by atoms with Crippen molar-refractivity contribution >= 4 is 23.5 Å². The number of aromatic carboxylic acids is 1. The number of carbonyl (C=O) groups is 3. The number of aromatic nitrogens is 2. The molecule has 0 saturated carbocycles. The molecule has 0 radical (unpaired) electrons. The lowest BCUT2D eigenvalue weighted by Gasteiger charge is -2.38. The molecule has 41 heavy (non-hydrogen) atoms. The number of fused-ring (bicyclic) bond motifs is 1. The SMILES string of the molecule is Cc1cc(C(=O)Nc2cccc3c2O[C@H](CN(C)Cc2ccc(C(=O)O)cc2)[C@@H](C)CN([C@@H](C)CO)C3=O)n(C)n1. The zero-order valence-electron chi connectivity index (χ0n) is 24.0. The minimum atomic E-state index is -0.974. The number of hydrogen-bond donors (Lipinski definition) is 3. The number of rotatable bonds is 9. The Hall–Kier alpha value is -4.22. The van der Waals surface area contributed by atoms with E-state index < -0.39 is 12.0 Å². The van der Waals surface area contributed by atoms with Crippen LogP contribution in [0.4, 0.5) is 5.69 Å². The number of carboxylic acid groups (broad SMARTS) is 1. The second kappa shape index (κ2) is 12.5. The summed E-state index contributed by atoms with van der Waals surface area (Å²) in [5.74, 6) is -1.49. The van der Waals surface area contributed by atoms with Gasteiger partial charge in [0, 0.05) is 32.6 Å². The molecule has 3 aromatic rings. The molecule has 0 bridgehead atoms. The van der Waals surface area contributed by atoms with Crippen molar-refractivity contribution in [3.63, 3.8) is 0 Å². The maximum Gasteiger partial charge on any atom is 0.335 e. The van der Waals surface area contributed by atoms with Crippen LogP contribution in [0.15, 0.2) is 48.5 Å². The molecule has 0 saturated heterocycles. The summed E-state index contributed by atoms with van der Waals surface area (Å²) in [7, 11) is 3.63. The summed E-state index contributed by atoms with van der Waals surface area (Å²) < 4.78 is 8.07. The van der Waals surface area contributed by atoms with Crippen LogP contribution in [0, 0.1) is 12.8 Å². The van der Waals surface area contributed by atoms with Crippen molar-refractivity contribution < 1.29 is 29.3 Å². The lowest BCUT2D eigenvalue weighted by Crippen LogP contribution is -2.49. The maximum absolute atomic E-state index is 13.7. The van der Waals surface area contributed by atoms with Crippen LogP contribution in [0.2, 0.25) is 0 Å². The zero-order valence-corrected chi connectivity index (χ0v) is 24.0. The number of hydrogen-bond acceptors (Lipinski definition) is 7. The van der Waals surface area contributed by atoms with Crippen LogP contribution in [0.25, 0.3) is 0 Å². The number of nitrogens with zero attached hydrogens (tertiary/aromatic N) is 4. The van der Waals surface area contributed by atoms with Crippen LogP contribution in [-0.4, -0.2) is 86.5 Å². The highest BCUT2D eigenvalue weighted by Gasteiger charge is 2.34. The number of benzene rings is 2. The van der Waals surface area contributed by atoms with Gasteiger partial charge in [-0.3, -0.25) is 19.2 Å². The molecule has 0 unspecified atom stereocenters. The number of aliphatic hydroxyl groups excluding tert-OH is 1. The molecular formula is C30H37N5O6. The van der Waals surface area contributed by atoms with E-state index in [9.17, 15) is 24.6 Å². The Labute approximate surface area is 239 Å². The van der Waals surface area contributed by atoms with Gasteiger partial charge in [0.2, 0.25) is 0 Å². The van der Waals surface area contributed by atoms with Gasteiger partial charge < -0.3 is 25.2 Å². The summed E-state index contributed by atoms with van der Waals surface area (Å²) in [6.07, 6.45) is -0.379. The Bertz CT molecular complexity index is 1420. The van der Waals surface area contributed by atoms with Gasteiger partial charge in [-0.15, -0.1) is 0 Å². The Morgan fingerprint density at radius 2 is 1.93 bits per heavy atom. The lowest BCUT2D eigenvalue weighted by atomic mass is 9.98. The second-order valence-corrected chi connectivity index (χ2v) is 10.8. The molecular weight excluding hydrogens is 526 g/mol. The molecule has 2 heterocycles. The number of aliphatic hydroxyl groups is 1. The molecule has 0 aliphatic carbocycles. The highest BCUT2D eigenvalue weighted by atomic mass is 16.5. The van der Waals surface area contributed by atoms with E-state index in [0.717, 1.165) is 5.56 Å². The van der Waals surface area contributed by atoms with Crippen molar-refractivity contribution in [1.82, 2.24) is 19.6 Å². The van der Waals surface area contributed by atoms with Crippen molar-refractivity contribution in [2.75, 3.05) is 32.1 Å². The summed E-state index contributed by atoms with van der Waals surface area (Å²) in [6.45, 7) is 6.81. The number of aryl methyl sites for hydroxylation is 2. The molecule has 218 valence electrons. The Morgan fingerprint density at radius 3 is 2.54 bits per heavy atom. The molecule has 0 spiro atoms. The fourth-order valence-corrected chi connectivity index (χ4v) is 5.01. The molecule has 3 N–H and O–H groups in total. The van der Waals surface area contributed by atoms with Crippen LogP contribution in [0.5, 0.6) is 5.75 Å². The first-order valence-electron chi connectivity index (χ1n) is 13.5. The van der Waals surface area contributed by atoms with E-state index in [0.29, 0.717) is 42.3 Å². The first-order chi connectivity index (χ1) is 19.5. The lowest BCUT2D eigenvalue weighted by molar-refractivity contribution is 0.0343. The third kappa shape index (κ3) is 6.75. The molecule has 1 aliphatic rings. The standard InChI is InChI=1S/C30H37N5O6/c1-18-14-35(20(3)17-36)29(38)23-7-6-8-24(31-28(37)25-13-19(2)32-34(25)5)27(23)41-26(18)16-33(4)15-21-9-11-22(12-10-21)30(39)40/h6-13,18,20,26,36H,14-17H2,1-5H3,(H,31,37)(H,39,40)/t18-,20-,26+/m0/s1. The van der Waals surface area contributed by atoms with Crippen molar-refractivity contribution in [2.24, 2.45) is 13.0 Å². The van der Waals surface area contributed by atoms with Crippen LogP contribution in [0.1, 0.15) is 56.3 Å². The maximum atomic E-state index is 13.7. The Morgan fingerprint density at radius 1 is 1.22 bits per heavy atom. The number of ether oxygens (including phenoxy) is 1. The van der Waals surface area contributed by atoms with Crippen LogP contribution < -0.4 is 10.1 Å². The molecule has 1 aliphatic heterocycles. The van der Waals surface area contributed by atoms with E-state index in [4.69, 9.17) is 4.74 Å². The minimum Gasteiger partial charge on any atom is -0.486 e. The summed E-state index contributed by atoms with van der Waals surface area (Å²) in [4.78, 5) is 41.8.